The van der Waals surface area contributed by atoms with Crippen LogP contribution in [0, 0.1) is 52.3 Å². The first-order valence-corrected chi connectivity index (χ1v) is 21.0. The van der Waals surface area contributed by atoms with Crippen molar-refractivity contribution in [1.29, 1.82) is 0 Å². The van der Waals surface area contributed by atoms with E-state index in [-0.39, 0.29) is 0 Å². The van der Waals surface area contributed by atoms with Crippen LogP contribution in [0.5, 0.6) is 0 Å². The highest BCUT2D eigenvalue weighted by Gasteiger charge is 2.58. The lowest BCUT2D eigenvalue weighted by Gasteiger charge is -2.58. The second-order valence-corrected chi connectivity index (χ2v) is 17.7. The lowest BCUT2D eigenvalue weighted by atomic mass is 9.47. The summed E-state index contributed by atoms with van der Waals surface area (Å²) in [4.78, 5) is 0. The van der Waals surface area contributed by atoms with E-state index in [9.17, 15) is 0 Å². The molecular formula is C46H78O. The molecule has 1 unspecified atom stereocenters. The zero-order chi connectivity index (χ0) is 33.7. The Balaban J connectivity index is 1.12. The van der Waals surface area contributed by atoms with Gasteiger partial charge in [0.1, 0.15) is 0 Å². The molecule has 0 radical (unpaired) electrons. The van der Waals surface area contributed by atoms with E-state index in [4.69, 9.17) is 4.74 Å². The van der Waals surface area contributed by atoms with Crippen molar-refractivity contribution in [3.63, 3.8) is 0 Å². The maximum absolute atomic E-state index is 6.57. The van der Waals surface area contributed by atoms with Gasteiger partial charge in [-0.15, -0.1) is 0 Å². The first-order valence-electron chi connectivity index (χ1n) is 21.0. The Morgan fingerprint density at radius 3 is 2.13 bits per heavy atom. The molecule has 0 bridgehead atoms. The summed E-state index contributed by atoms with van der Waals surface area (Å²) in [5.41, 5.74) is 2.91. The van der Waals surface area contributed by atoms with Gasteiger partial charge in [-0.1, -0.05) is 135 Å². The number of hydrogen-bond acceptors (Lipinski definition) is 1. The monoisotopic (exact) mass is 647 g/mol. The number of fused-ring (bicyclic) bond motifs is 5. The highest BCUT2D eigenvalue weighted by atomic mass is 16.5. The van der Waals surface area contributed by atoms with Crippen LogP contribution < -0.4 is 0 Å². The first-order chi connectivity index (χ1) is 22.7. The average Bonchev–Trinajstić information content (AvgIpc) is 3.42. The van der Waals surface area contributed by atoms with E-state index in [1.54, 1.807) is 0 Å². The largest absolute Gasteiger partial charge is 0.378 e. The highest BCUT2D eigenvalue weighted by molar-refractivity contribution is 5.28. The molecule has 3 saturated carbocycles. The Bertz CT molecular complexity index is 1010. The molecule has 268 valence electrons. The molecule has 3 fully saturated rings. The molecule has 0 N–H and O–H groups in total. The van der Waals surface area contributed by atoms with Crippen LogP contribution in [0.3, 0.4) is 0 Å². The van der Waals surface area contributed by atoms with Gasteiger partial charge in [0.2, 0.25) is 0 Å². The Morgan fingerprint density at radius 2 is 1.40 bits per heavy atom. The number of allylic oxidation sites excluding steroid dienone is 8. The maximum atomic E-state index is 6.57. The fourth-order valence-corrected chi connectivity index (χ4v) is 10.6. The smallest absolute Gasteiger partial charge is 0.0578 e. The molecule has 0 spiro atoms. The molecule has 0 saturated heterocycles. The van der Waals surface area contributed by atoms with Crippen LogP contribution in [0.4, 0.5) is 0 Å². The van der Waals surface area contributed by atoms with Crippen molar-refractivity contribution < 1.29 is 4.74 Å². The van der Waals surface area contributed by atoms with Gasteiger partial charge in [0.15, 0.2) is 0 Å². The quantitative estimate of drug-likeness (QED) is 0.0944. The van der Waals surface area contributed by atoms with Gasteiger partial charge in [-0.05, 0) is 142 Å². The second kappa shape index (κ2) is 19.3. The minimum Gasteiger partial charge on any atom is -0.378 e. The van der Waals surface area contributed by atoms with Crippen LogP contribution in [0.15, 0.2) is 48.1 Å². The van der Waals surface area contributed by atoms with E-state index >= 15 is 0 Å². The van der Waals surface area contributed by atoms with Crippen LogP contribution in [-0.2, 0) is 4.74 Å². The second-order valence-electron chi connectivity index (χ2n) is 17.7. The van der Waals surface area contributed by atoms with Crippen molar-refractivity contribution in [3.8, 4) is 0 Å². The normalized spacial score (nSPS) is 33.8. The van der Waals surface area contributed by atoms with Crippen LogP contribution in [0.2, 0.25) is 0 Å². The van der Waals surface area contributed by atoms with Crippen molar-refractivity contribution in [3.05, 3.63) is 48.1 Å². The minimum atomic E-state index is 0.498. The molecule has 0 heterocycles. The van der Waals surface area contributed by atoms with Gasteiger partial charge in [-0.3, -0.25) is 0 Å². The molecule has 0 aliphatic heterocycles. The van der Waals surface area contributed by atoms with Gasteiger partial charge >= 0.3 is 0 Å². The molecular weight excluding hydrogens is 569 g/mol. The predicted octanol–water partition coefficient (Wildman–Crippen LogP) is 14.2. The molecule has 9 atom stereocenters. The maximum Gasteiger partial charge on any atom is 0.0578 e. The molecule has 4 aliphatic carbocycles. The zero-order valence-corrected chi connectivity index (χ0v) is 32.4. The van der Waals surface area contributed by atoms with Gasteiger partial charge < -0.3 is 4.74 Å². The number of unbranched alkanes of at least 4 members (excludes halogenated alkanes) is 9. The fourth-order valence-electron chi connectivity index (χ4n) is 10.6. The molecule has 4 aliphatic rings. The van der Waals surface area contributed by atoms with Gasteiger partial charge in [0.05, 0.1) is 6.10 Å². The van der Waals surface area contributed by atoms with E-state index in [1.807, 2.05) is 5.57 Å². The van der Waals surface area contributed by atoms with E-state index in [2.05, 4.69) is 91.0 Å². The summed E-state index contributed by atoms with van der Waals surface area (Å²) in [6, 6.07) is 0. The molecule has 0 aromatic rings. The Kier molecular flexibility index (Phi) is 15.9. The third kappa shape index (κ3) is 10.5. The van der Waals surface area contributed by atoms with Crippen molar-refractivity contribution in [2.24, 2.45) is 52.3 Å². The molecule has 1 heteroatoms. The molecule has 47 heavy (non-hydrogen) atoms. The van der Waals surface area contributed by atoms with Crippen molar-refractivity contribution in [2.45, 2.75) is 183 Å². The molecule has 1 nitrogen and oxygen atoms in total. The summed E-state index contributed by atoms with van der Waals surface area (Å²) in [7, 11) is 0. The standard InChI is InChI=1S/C46H78O/c1-8-9-10-11-12-13-14-15-16-17-18-19-20-21-22-23-34-47-40-30-32-45(6)39(35-40)26-27-41-43-29-28-42(46(43,7)33-31-44(41)45)38(5)25-24-37(4)36(2)3/h12-13,15-16,24-25,27,36-40,42-44H,8-11,14,17-23,26,28-35H2,1-7H3/b13-12-,16-15-,25-24?/t37-,38+,39?,40-,42+,43-,44-,45-,46+/m0/s1. The molecule has 0 amide bonds. The van der Waals surface area contributed by atoms with Gasteiger partial charge in [0.25, 0.3) is 0 Å². The third-order valence-electron chi connectivity index (χ3n) is 14.2. The number of rotatable bonds is 20. The van der Waals surface area contributed by atoms with Crippen LogP contribution in [0.1, 0.15) is 177 Å². The first kappa shape index (κ1) is 38.7. The summed E-state index contributed by atoms with van der Waals surface area (Å²) in [6.07, 6.45) is 44.6. The highest BCUT2D eigenvalue weighted by Crippen LogP contribution is 2.67. The minimum absolute atomic E-state index is 0.498. The summed E-state index contributed by atoms with van der Waals surface area (Å²) in [5.74, 6) is 5.45. The van der Waals surface area contributed by atoms with E-state index in [0.29, 0.717) is 28.8 Å². The van der Waals surface area contributed by atoms with E-state index in [1.165, 1.54) is 122 Å². The fraction of sp³-hybridized carbons (Fsp3) is 0.826. The average molecular weight is 647 g/mol. The number of hydrogen-bond donors (Lipinski definition) is 0. The van der Waals surface area contributed by atoms with Crippen LogP contribution in [-0.4, -0.2) is 12.7 Å². The summed E-state index contributed by atoms with van der Waals surface area (Å²) >= 11 is 0. The molecule has 0 aromatic heterocycles. The topological polar surface area (TPSA) is 9.23 Å². The predicted molar refractivity (Wildman–Crippen MR) is 207 cm³/mol. The van der Waals surface area contributed by atoms with Crippen molar-refractivity contribution in [1.82, 2.24) is 0 Å². The van der Waals surface area contributed by atoms with Gasteiger partial charge in [-0.25, -0.2) is 0 Å². The Labute approximate surface area is 293 Å². The van der Waals surface area contributed by atoms with Crippen molar-refractivity contribution in [2.75, 3.05) is 6.61 Å². The molecule has 4 rings (SSSR count). The SMILES string of the molecule is CCCCC/C=C\C/C=C\CCCCCCCCO[C@H]1CC[C@@]2(C)C(CC=C3[C@@H]4CC[C@H]([C@H](C)C=C[C@H](C)C(C)C)[C@@]4(C)CC[C@@H]32)C1. The van der Waals surface area contributed by atoms with E-state index < -0.39 is 0 Å². The van der Waals surface area contributed by atoms with Crippen LogP contribution >= 0.6 is 0 Å². The van der Waals surface area contributed by atoms with Crippen LogP contribution in [0.25, 0.3) is 0 Å². The lowest BCUT2D eigenvalue weighted by Crippen LogP contribution is -2.50. The van der Waals surface area contributed by atoms with Crippen molar-refractivity contribution >= 4 is 0 Å². The Hall–Kier alpha value is -1.08. The lowest BCUT2D eigenvalue weighted by molar-refractivity contribution is -0.0665. The van der Waals surface area contributed by atoms with Gasteiger partial charge in [0, 0.05) is 6.61 Å². The number of ether oxygens (including phenoxy) is 1. The van der Waals surface area contributed by atoms with E-state index in [0.717, 1.165) is 42.6 Å². The zero-order valence-electron chi connectivity index (χ0n) is 32.4. The summed E-state index contributed by atoms with van der Waals surface area (Å²) in [6.45, 7) is 18.3. The third-order valence-corrected chi connectivity index (χ3v) is 14.2. The summed E-state index contributed by atoms with van der Waals surface area (Å²) in [5, 5.41) is 0. The summed E-state index contributed by atoms with van der Waals surface area (Å²) < 4.78 is 6.57. The molecule has 0 aromatic carbocycles. The van der Waals surface area contributed by atoms with Gasteiger partial charge in [-0.2, -0.15) is 0 Å². The Morgan fingerprint density at radius 1 is 0.745 bits per heavy atom.